The Morgan fingerprint density at radius 1 is 1.33 bits per heavy atom. The van der Waals surface area contributed by atoms with Gasteiger partial charge < -0.3 is 11.2 Å². The van der Waals surface area contributed by atoms with Crippen LogP contribution in [0.5, 0.6) is 0 Å². The van der Waals surface area contributed by atoms with Gasteiger partial charge in [0.05, 0.1) is 0 Å². The van der Waals surface area contributed by atoms with E-state index in [2.05, 4.69) is 13.8 Å². The van der Waals surface area contributed by atoms with Gasteiger partial charge in [0, 0.05) is 5.70 Å². The molecular formula is C6H16ClNO. The van der Waals surface area contributed by atoms with Gasteiger partial charge in [-0.2, -0.15) is 0 Å². The van der Waals surface area contributed by atoms with Gasteiger partial charge in [-0.05, 0) is 20.3 Å². The van der Waals surface area contributed by atoms with E-state index < -0.39 is 0 Å². The fourth-order valence-electron chi connectivity index (χ4n) is 0.279. The smallest absolute Gasteiger partial charge is 0.00378 e. The Labute approximate surface area is 62.8 Å². The van der Waals surface area contributed by atoms with Gasteiger partial charge in [0.15, 0.2) is 0 Å². The number of allylic oxidation sites excluding steroid dienone is 2. The molecule has 0 saturated heterocycles. The molecule has 0 unspecified atom stereocenters. The summed E-state index contributed by atoms with van der Waals surface area (Å²) in [6, 6.07) is 0. The molecular weight excluding hydrogens is 138 g/mol. The molecule has 2 nitrogen and oxygen atoms in total. The van der Waals surface area contributed by atoms with Crippen LogP contribution in [0.2, 0.25) is 0 Å². The van der Waals surface area contributed by atoms with Gasteiger partial charge in [-0.25, -0.2) is 0 Å². The summed E-state index contributed by atoms with van der Waals surface area (Å²) in [5.41, 5.74) is 7.68. The van der Waals surface area contributed by atoms with Crippen LogP contribution in [0.1, 0.15) is 27.2 Å². The lowest BCUT2D eigenvalue weighted by Gasteiger charge is -1.94. The molecule has 0 aliphatic carbocycles. The topological polar surface area (TPSA) is 57.5 Å². The first-order valence-corrected chi connectivity index (χ1v) is 2.60. The second-order valence-electron chi connectivity index (χ2n) is 1.82. The molecule has 0 amide bonds. The molecule has 3 heteroatoms. The van der Waals surface area contributed by atoms with Crippen molar-refractivity contribution >= 4 is 12.4 Å². The third-order valence-electron chi connectivity index (χ3n) is 1.20. The van der Waals surface area contributed by atoms with Gasteiger partial charge in [0.1, 0.15) is 0 Å². The van der Waals surface area contributed by atoms with Crippen molar-refractivity contribution in [3.05, 3.63) is 11.3 Å². The number of halogens is 1. The summed E-state index contributed by atoms with van der Waals surface area (Å²) in [7, 11) is 0. The number of rotatable bonds is 1. The van der Waals surface area contributed by atoms with Crippen LogP contribution in [0.25, 0.3) is 0 Å². The monoisotopic (exact) mass is 153 g/mol. The summed E-state index contributed by atoms with van der Waals surface area (Å²) in [6.45, 7) is 6.08. The highest BCUT2D eigenvalue weighted by molar-refractivity contribution is 5.85. The fraction of sp³-hybridized carbons (Fsp3) is 0.667. The summed E-state index contributed by atoms with van der Waals surface area (Å²) in [6.07, 6.45) is 1.07. The third-order valence-corrected chi connectivity index (χ3v) is 1.20. The van der Waals surface area contributed by atoms with Crippen LogP contribution < -0.4 is 5.73 Å². The number of nitrogens with two attached hydrogens (primary N) is 1. The van der Waals surface area contributed by atoms with Gasteiger partial charge in [-0.15, -0.1) is 12.4 Å². The molecule has 0 aliphatic rings. The molecule has 58 valence electrons. The Morgan fingerprint density at radius 3 is 1.67 bits per heavy atom. The maximum atomic E-state index is 5.43. The SMILES string of the molecule is CCC(C)=C(C)N.Cl.O. The molecule has 0 atom stereocenters. The third kappa shape index (κ3) is 7.79. The highest BCUT2D eigenvalue weighted by Gasteiger charge is 1.83. The predicted octanol–water partition coefficient (Wildman–Crippen LogP) is 1.25. The van der Waals surface area contributed by atoms with Crippen molar-refractivity contribution in [1.29, 1.82) is 0 Å². The minimum Gasteiger partial charge on any atom is -0.412 e. The van der Waals surface area contributed by atoms with Crippen LogP contribution in [0.15, 0.2) is 11.3 Å². The van der Waals surface area contributed by atoms with Gasteiger partial charge >= 0.3 is 0 Å². The van der Waals surface area contributed by atoms with Crippen LogP contribution in [-0.4, -0.2) is 5.48 Å². The Kier molecular flexibility index (Phi) is 13.8. The average Bonchev–Trinajstić information content (AvgIpc) is 1.65. The van der Waals surface area contributed by atoms with Crippen LogP contribution >= 0.6 is 12.4 Å². The molecule has 4 N–H and O–H groups in total. The van der Waals surface area contributed by atoms with Crippen molar-refractivity contribution in [2.24, 2.45) is 5.73 Å². The van der Waals surface area contributed by atoms with E-state index in [-0.39, 0.29) is 17.9 Å². The second kappa shape index (κ2) is 7.79. The summed E-state index contributed by atoms with van der Waals surface area (Å²) < 4.78 is 0. The maximum absolute atomic E-state index is 5.43. The molecule has 0 heterocycles. The van der Waals surface area contributed by atoms with Crippen LogP contribution in [0.4, 0.5) is 0 Å². The van der Waals surface area contributed by atoms with Crippen LogP contribution in [-0.2, 0) is 0 Å². The van der Waals surface area contributed by atoms with E-state index in [1.54, 1.807) is 0 Å². The molecule has 0 spiro atoms. The second-order valence-corrected chi connectivity index (χ2v) is 1.82. The van der Waals surface area contributed by atoms with E-state index in [9.17, 15) is 0 Å². The first kappa shape index (κ1) is 15.9. The lowest BCUT2D eigenvalue weighted by Crippen LogP contribution is -1.93. The Balaban J connectivity index is -0.000000180. The zero-order valence-corrected chi connectivity index (χ0v) is 7.01. The molecule has 0 aromatic rings. The fourth-order valence-corrected chi connectivity index (χ4v) is 0.279. The predicted molar refractivity (Wildman–Crippen MR) is 43.7 cm³/mol. The largest absolute Gasteiger partial charge is 0.412 e. The van der Waals surface area contributed by atoms with E-state index in [1.807, 2.05) is 6.92 Å². The maximum Gasteiger partial charge on any atom is 0.00378 e. The zero-order valence-electron chi connectivity index (χ0n) is 6.19. The normalized spacial score (nSPS) is 10.6. The van der Waals surface area contributed by atoms with Crippen molar-refractivity contribution in [2.75, 3.05) is 0 Å². The zero-order chi connectivity index (χ0) is 5.86. The standard InChI is InChI=1S/C6H13N.ClH.H2O/c1-4-5(2)6(3)7;;/h4,7H2,1-3H3;1H;1H2. The minimum atomic E-state index is 0. The van der Waals surface area contributed by atoms with Crippen molar-refractivity contribution < 1.29 is 5.48 Å². The van der Waals surface area contributed by atoms with E-state index in [0.29, 0.717) is 0 Å². The average molecular weight is 154 g/mol. The highest BCUT2D eigenvalue weighted by Crippen LogP contribution is 1.99. The van der Waals surface area contributed by atoms with Crippen molar-refractivity contribution in [1.82, 2.24) is 0 Å². The van der Waals surface area contributed by atoms with Crippen molar-refractivity contribution in [3.63, 3.8) is 0 Å². The first-order chi connectivity index (χ1) is 3.18. The minimum absolute atomic E-state index is 0. The summed E-state index contributed by atoms with van der Waals surface area (Å²) >= 11 is 0. The molecule has 0 aliphatic heterocycles. The highest BCUT2D eigenvalue weighted by atomic mass is 35.5. The van der Waals surface area contributed by atoms with Gasteiger partial charge in [-0.1, -0.05) is 12.5 Å². The molecule has 0 radical (unpaired) electrons. The van der Waals surface area contributed by atoms with Crippen molar-refractivity contribution in [3.8, 4) is 0 Å². The molecule has 0 aromatic carbocycles. The molecule has 9 heavy (non-hydrogen) atoms. The molecule has 0 rings (SSSR count). The lowest BCUT2D eigenvalue weighted by molar-refractivity contribution is 0.824. The van der Waals surface area contributed by atoms with Gasteiger partial charge in [0.25, 0.3) is 0 Å². The van der Waals surface area contributed by atoms with Gasteiger partial charge in [-0.3, -0.25) is 0 Å². The molecule has 0 bridgehead atoms. The van der Waals surface area contributed by atoms with E-state index in [0.717, 1.165) is 12.1 Å². The van der Waals surface area contributed by atoms with E-state index in [1.165, 1.54) is 5.57 Å². The Morgan fingerprint density at radius 2 is 1.67 bits per heavy atom. The lowest BCUT2D eigenvalue weighted by atomic mass is 10.2. The number of hydrogen-bond acceptors (Lipinski definition) is 1. The van der Waals surface area contributed by atoms with Crippen LogP contribution in [0.3, 0.4) is 0 Å². The van der Waals surface area contributed by atoms with E-state index >= 15 is 0 Å². The summed E-state index contributed by atoms with van der Waals surface area (Å²) in [5, 5.41) is 0. The van der Waals surface area contributed by atoms with Crippen molar-refractivity contribution in [2.45, 2.75) is 27.2 Å². The molecule has 0 saturated carbocycles. The van der Waals surface area contributed by atoms with Crippen LogP contribution in [0, 0.1) is 0 Å². The summed E-state index contributed by atoms with van der Waals surface area (Å²) in [4.78, 5) is 0. The molecule has 0 fully saturated rings. The Bertz CT molecular complexity index is 87.1. The molecule has 0 aromatic heterocycles. The summed E-state index contributed by atoms with van der Waals surface area (Å²) in [5.74, 6) is 0. The van der Waals surface area contributed by atoms with Gasteiger partial charge in [0.2, 0.25) is 0 Å². The Hall–Kier alpha value is -0.210. The first-order valence-electron chi connectivity index (χ1n) is 2.60. The quantitative estimate of drug-likeness (QED) is 0.606. The van der Waals surface area contributed by atoms with E-state index in [4.69, 9.17) is 5.73 Å². The number of hydrogen-bond donors (Lipinski definition) is 1.